The van der Waals surface area contributed by atoms with Gasteiger partial charge < -0.3 is 0 Å². The van der Waals surface area contributed by atoms with Gasteiger partial charge in [0.2, 0.25) is 6.04 Å². The smallest absolute Gasteiger partial charge is 0.223 e. The molecule has 4 heteroatoms. The first-order valence-corrected chi connectivity index (χ1v) is 6.80. The van der Waals surface area contributed by atoms with Gasteiger partial charge in [0.1, 0.15) is 5.78 Å². The number of aryl methyl sites for hydroxylation is 1. The fraction of sp³-hybridized carbons (Fsp3) is 0.533. The van der Waals surface area contributed by atoms with E-state index in [1.807, 2.05) is 31.2 Å². The summed E-state index contributed by atoms with van der Waals surface area (Å²) in [5.41, 5.74) is 2.09. The number of hydrogen-bond acceptors (Lipinski definition) is 3. The predicted molar refractivity (Wildman–Crippen MR) is 70.5 cm³/mol. The van der Waals surface area contributed by atoms with Crippen LogP contribution in [-0.2, 0) is 4.79 Å². The van der Waals surface area contributed by atoms with E-state index in [-0.39, 0.29) is 28.5 Å². The Labute approximate surface area is 112 Å². The maximum absolute atomic E-state index is 12.1. The molecule has 0 N–H and O–H groups in total. The molecule has 3 aliphatic rings. The van der Waals surface area contributed by atoms with Crippen molar-refractivity contribution < 1.29 is 9.72 Å². The molecule has 19 heavy (non-hydrogen) atoms. The van der Waals surface area contributed by atoms with Crippen molar-refractivity contribution in [1.82, 2.24) is 0 Å². The number of fused-ring (bicyclic) bond motifs is 3. The lowest BCUT2D eigenvalue weighted by atomic mass is 9.59. The molecule has 0 heterocycles. The maximum atomic E-state index is 12.1. The molecule has 3 fully saturated rings. The van der Waals surface area contributed by atoms with Crippen molar-refractivity contribution in [1.29, 1.82) is 0 Å². The summed E-state index contributed by atoms with van der Waals surface area (Å²) < 4.78 is 0. The summed E-state index contributed by atoms with van der Waals surface area (Å²) in [6.07, 6.45) is 2.04. The van der Waals surface area contributed by atoms with Crippen molar-refractivity contribution in [2.75, 3.05) is 0 Å². The van der Waals surface area contributed by atoms with Crippen molar-refractivity contribution in [3.05, 3.63) is 45.5 Å². The normalized spacial score (nSPS) is 33.4. The highest BCUT2D eigenvalue weighted by atomic mass is 16.6. The number of benzene rings is 1. The minimum absolute atomic E-state index is 0.0706. The monoisotopic (exact) mass is 259 g/mol. The van der Waals surface area contributed by atoms with E-state index in [1.165, 1.54) is 0 Å². The summed E-state index contributed by atoms with van der Waals surface area (Å²) in [5, 5.41) is 11.4. The second kappa shape index (κ2) is 4.44. The molecule has 4 nitrogen and oxygen atoms in total. The Morgan fingerprint density at radius 1 is 1.21 bits per heavy atom. The van der Waals surface area contributed by atoms with Gasteiger partial charge in [-0.25, -0.2) is 0 Å². The number of carbonyl (C=O) groups is 1. The average molecular weight is 259 g/mol. The highest BCUT2D eigenvalue weighted by Gasteiger charge is 2.54. The fourth-order valence-electron chi connectivity index (χ4n) is 3.79. The zero-order valence-electron chi connectivity index (χ0n) is 10.9. The number of Topliss-reactive ketones (excluding diaryl/α,β-unsaturated/α-hetero) is 1. The van der Waals surface area contributed by atoms with E-state index >= 15 is 0 Å². The molecular formula is C15H17NO3. The van der Waals surface area contributed by atoms with Crippen LogP contribution < -0.4 is 0 Å². The molecule has 100 valence electrons. The molecule has 3 aliphatic carbocycles. The van der Waals surface area contributed by atoms with Crippen molar-refractivity contribution in [2.24, 2.45) is 11.8 Å². The van der Waals surface area contributed by atoms with Crippen LogP contribution in [-0.4, -0.2) is 16.7 Å². The number of ketones is 1. The van der Waals surface area contributed by atoms with Crippen LogP contribution in [0.2, 0.25) is 0 Å². The van der Waals surface area contributed by atoms with Gasteiger partial charge in [-0.3, -0.25) is 14.9 Å². The minimum Gasteiger partial charge on any atom is -0.299 e. The van der Waals surface area contributed by atoms with Crippen molar-refractivity contribution in [3.8, 4) is 0 Å². The van der Waals surface area contributed by atoms with Gasteiger partial charge >= 0.3 is 0 Å². The first kappa shape index (κ1) is 12.3. The SMILES string of the molecule is Cc1ccc([C@@H]2[C@@H]([N+](=O)[O-])[C@H]3CC[C@@H]2C(=O)C3)cc1. The third-order valence-corrected chi connectivity index (χ3v) is 4.72. The van der Waals surface area contributed by atoms with Gasteiger partial charge in [-0.1, -0.05) is 29.8 Å². The van der Waals surface area contributed by atoms with E-state index in [0.29, 0.717) is 6.42 Å². The van der Waals surface area contributed by atoms with Crippen LogP contribution in [0.1, 0.15) is 36.3 Å². The first-order valence-electron chi connectivity index (χ1n) is 6.80. The number of nitrogens with zero attached hydrogens (tertiary/aromatic N) is 1. The Kier molecular flexibility index (Phi) is 2.88. The van der Waals surface area contributed by atoms with E-state index in [2.05, 4.69) is 0 Å². The summed E-state index contributed by atoms with van der Waals surface area (Å²) in [7, 11) is 0. The Hall–Kier alpha value is -1.71. The zero-order chi connectivity index (χ0) is 13.6. The van der Waals surface area contributed by atoms with E-state index in [4.69, 9.17) is 0 Å². The van der Waals surface area contributed by atoms with Crippen LogP contribution in [0.5, 0.6) is 0 Å². The van der Waals surface area contributed by atoms with Gasteiger partial charge in [0, 0.05) is 23.2 Å². The molecule has 4 atom stereocenters. The summed E-state index contributed by atoms with van der Waals surface area (Å²) in [5.74, 6) is -0.225. The van der Waals surface area contributed by atoms with Gasteiger partial charge in [-0.2, -0.15) is 0 Å². The molecule has 2 bridgehead atoms. The van der Waals surface area contributed by atoms with Crippen LogP contribution >= 0.6 is 0 Å². The Bertz CT molecular complexity index is 523. The average Bonchev–Trinajstić information content (AvgIpc) is 2.39. The summed E-state index contributed by atoms with van der Waals surface area (Å²) >= 11 is 0. The molecule has 1 aromatic carbocycles. The topological polar surface area (TPSA) is 60.2 Å². The van der Waals surface area contributed by atoms with Crippen molar-refractivity contribution in [3.63, 3.8) is 0 Å². The molecular weight excluding hydrogens is 242 g/mol. The van der Waals surface area contributed by atoms with E-state index in [1.54, 1.807) is 0 Å². The molecule has 0 aromatic heterocycles. The van der Waals surface area contributed by atoms with Crippen LogP contribution in [0.15, 0.2) is 24.3 Å². The van der Waals surface area contributed by atoms with Gasteiger partial charge in [0.15, 0.2) is 0 Å². The number of nitro groups is 1. The van der Waals surface area contributed by atoms with Gasteiger partial charge in [-0.05, 0) is 25.3 Å². The molecule has 1 aromatic rings. The Morgan fingerprint density at radius 3 is 2.47 bits per heavy atom. The molecule has 0 unspecified atom stereocenters. The lowest BCUT2D eigenvalue weighted by Gasteiger charge is -2.42. The standard InChI is InChI=1S/C15H17NO3/c1-9-2-4-10(5-3-9)14-12-7-6-11(8-13(12)17)15(14)16(18)19/h2-5,11-12,14-15H,6-8H2,1H3/t11-,12+,14-,15-/m0/s1. The number of hydrogen-bond donors (Lipinski definition) is 0. The lowest BCUT2D eigenvalue weighted by Crippen LogP contribution is -2.50. The maximum Gasteiger partial charge on any atom is 0.223 e. The minimum atomic E-state index is -0.584. The summed E-state index contributed by atoms with van der Waals surface area (Å²) in [6, 6.07) is 7.26. The van der Waals surface area contributed by atoms with E-state index in [0.717, 1.165) is 24.0 Å². The molecule has 0 amide bonds. The van der Waals surface area contributed by atoms with E-state index in [9.17, 15) is 14.9 Å². The molecule has 4 rings (SSSR count). The van der Waals surface area contributed by atoms with Crippen molar-refractivity contribution >= 4 is 5.78 Å². The second-order valence-electron chi connectivity index (χ2n) is 5.83. The highest BCUT2D eigenvalue weighted by molar-refractivity contribution is 5.84. The Morgan fingerprint density at radius 2 is 1.89 bits per heavy atom. The third kappa shape index (κ3) is 1.95. The second-order valence-corrected chi connectivity index (χ2v) is 5.83. The van der Waals surface area contributed by atoms with Gasteiger partial charge in [0.05, 0.1) is 5.92 Å². The quantitative estimate of drug-likeness (QED) is 0.606. The molecule has 3 saturated carbocycles. The predicted octanol–water partition coefficient (Wildman–Crippen LogP) is 2.72. The third-order valence-electron chi connectivity index (χ3n) is 4.72. The van der Waals surface area contributed by atoms with Gasteiger partial charge in [-0.15, -0.1) is 0 Å². The van der Waals surface area contributed by atoms with E-state index < -0.39 is 6.04 Å². The molecule has 0 saturated heterocycles. The molecule has 0 radical (unpaired) electrons. The van der Waals surface area contributed by atoms with Crippen LogP contribution in [0, 0.1) is 28.9 Å². The summed E-state index contributed by atoms with van der Waals surface area (Å²) in [6.45, 7) is 1.99. The first-order chi connectivity index (χ1) is 9.08. The van der Waals surface area contributed by atoms with Crippen LogP contribution in [0.4, 0.5) is 0 Å². The molecule has 0 spiro atoms. The number of rotatable bonds is 2. The van der Waals surface area contributed by atoms with Crippen LogP contribution in [0.3, 0.4) is 0 Å². The molecule has 0 aliphatic heterocycles. The zero-order valence-corrected chi connectivity index (χ0v) is 10.9. The van der Waals surface area contributed by atoms with Crippen LogP contribution in [0.25, 0.3) is 0 Å². The Balaban J connectivity index is 2.02. The summed E-state index contributed by atoms with van der Waals surface area (Å²) in [4.78, 5) is 23.3. The lowest BCUT2D eigenvalue weighted by molar-refractivity contribution is -0.542. The highest BCUT2D eigenvalue weighted by Crippen LogP contribution is 2.49. The van der Waals surface area contributed by atoms with Crippen molar-refractivity contribution in [2.45, 2.75) is 38.1 Å². The number of carbonyl (C=O) groups excluding carboxylic acids is 1. The van der Waals surface area contributed by atoms with Gasteiger partial charge in [0.25, 0.3) is 0 Å². The largest absolute Gasteiger partial charge is 0.299 e. The fourth-order valence-corrected chi connectivity index (χ4v) is 3.79.